The van der Waals surface area contributed by atoms with Crippen molar-refractivity contribution >= 4 is 29.1 Å². The van der Waals surface area contributed by atoms with Gasteiger partial charge in [0.25, 0.3) is 0 Å². The molecule has 3 aromatic rings. The van der Waals surface area contributed by atoms with E-state index >= 15 is 0 Å². The Kier molecular flexibility index (Phi) is 6.23. The van der Waals surface area contributed by atoms with Crippen molar-refractivity contribution in [2.75, 3.05) is 11.1 Å². The largest absolute Gasteiger partial charge is 0.325 e. The van der Waals surface area contributed by atoms with Gasteiger partial charge >= 0.3 is 0 Å². The summed E-state index contributed by atoms with van der Waals surface area (Å²) in [5.41, 5.74) is 1.66. The molecule has 0 fully saturated rings. The highest BCUT2D eigenvalue weighted by atomic mass is 32.2. The summed E-state index contributed by atoms with van der Waals surface area (Å²) >= 11 is 1.64. The van der Waals surface area contributed by atoms with E-state index in [1.807, 2.05) is 54.6 Å². The highest BCUT2D eigenvalue weighted by Gasteiger charge is 2.14. The van der Waals surface area contributed by atoms with E-state index in [1.165, 1.54) is 0 Å². The molecule has 0 heterocycles. The molecule has 130 valence electrons. The number of hydrogen-bond donors (Lipinski definition) is 1. The average Bonchev–Trinajstić information content (AvgIpc) is 2.69. The van der Waals surface area contributed by atoms with E-state index in [0.717, 1.165) is 4.90 Å². The molecule has 0 aliphatic carbocycles. The van der Waals surface area contributed by atoms with Crippen LogP contribution in [0.15, 0.2) is 89.8 Å². The molecule has 3 nitrogen and oxygen atoms in total. The molecule has 0 radical (unpaired) electrons. The van der Waals surface area contributed by atoms with Crippen LogP contribution in [0.2, 0.25) is 0 Å². The molecule has 0 spiro atoms. The first-order valence-corrected chi connectivity index (χ1v) is 9.39. The Bertz CT molecular complexity index is 879. The summed E-state index contributed by atoms with van der Waals surface area (Å²) in [6, 6.07) is 26.2. The van der Waals surface area contributed by atoms with Crippen molar-refractivity contribution in [3.63, 3.8) is 0 Å². The predicted molar refractivity (Wildman–Crippen MR) is 107 cm³/mol. The number of hydrogen-bond acceptors (Lipinski definition) is 3. The van der Waals surface area contributed by atoms with E-state index in [2.05, 4.69) is 5.32 Å². The van der Waals surface area contributed by atoms with Gasteiger partial charge in [0.15, 0.2) is 5.78 Å². The Morgan fingerprint density at radius 2 is 1.38 bits per heavy atom. The Labute approximate surface area is 157 Å². The van der Waals surface area contributed by atoms with Crippen LogP contribution in [-0.2, 0) is 4.79 Å². The highest BCUT2D eigenvalue weighted by Crippen LogP contribution is 2.21. The van der Waals surface area contributed by atoms with Gasteiger partial charge in [-0.15, -0.1) is 11.8 Å². The molecule has 4 heteroatoms. The van der Waals surface area contributed by atoms with Crippen LogP contribution in [0.3, 0.4) is 0 Å². The van der Waals surface area contributed by atoms with Crippen molar-refractivity contribution in [2.24, 2.45) is 0 Å². The number of rotatable bonds is 7. The van der Waals surface area contributed by atoms with Crippen LogP contribution in [0, 0.1) is 0 Å². The first-order chi connectivity index (χ1) is 12.7. The SMILES string of the molecule is O=C(CCSc1ccccc1)Nc1ccccc1C(=O)c1ccccc1. The summed E-state index contributed by atoms with van der Waals surface area (Å²) < 4.78 is 0. The van der Waals surface area contributed by atoms with Crippen molar-refractivity contribution in [3.8, 4) is 0 Å². The lowest BCUT2D eigenvalue weighted by atomic mass is 10.0. The molecule has 0 atom stereocenters. The zero-order valence-electron chi connectivity index (χ0n) is 14.2. The van der Waals surface area contributed by atoms with Crippen molar-refractivity contribution in [1.82, 2.24) is 0 Å². The molecular weight excluding hydrogens is 342 g/mol. The molecule has 1 N–H and O–H groups in total. The average molecular weight is 361 g/mol. The van der Waals surface area contributed by atoms with E-state index in [-0.39, 0.29) is 11.7 Å². The molecule has 0 saturated heterocycles. The fraction of sp³-hybridized carbons (Fsp3) is 0.0909. The first kappa shape index (κ1) is 18.0. The smallest absolute Gasteiger partial charge is 0.225 e. The Morgan fingerprint density at radius 3 is 2.12 bits per heavy atom. The van der Waals surface area contributed by atoms with E-state index in [4.69, 9.17) is 0 Å². The third-order valence-corrected chi connectivity index (χ3v) is 4.84. The van der Waals surface area contributed by atoms with E-state index in [1.54, 1.807) is 42.1 Å². The number of anilines is 1. The van der Waals surface area contributed by atoms with Gasteiger partial charge in [-0.05, 0) is 24.3 Å². The Balaban J connectivity index is 1.63. The lowest BCUT2D eigenvalue weighted by Gasteiger charge is -2.10. The summed E-state index contributed by atoms with van der Waals surface area (Å²) in [5.74, 6) is 0.492. The summed E-state index contributed by atoms with van der Waals surface area (Å²) in [4.78, 5) is 26.1. The Hall–Kier alpha value is -2.85. The van der Waals surface area contributed by atoms with Gasteiger partial charge in [0.2, 0.25) is 5.91 Å². The Morgan fingerprint density at radius 1 is 0.769 bits per heavy atom. The number of amides is 1. The maximum atomic E-state index is 12.7. The summed E-state index contributed by atoms with van der Waals surface area (Å²) in [6.45, 7) is 0. The van der Waals surface area contributed by atoms with Gasteiger partial charge in [-0.1, -0.05) is 60.7 Å². The van der Waals surface area contributed by atoms with Crippen molar-refractivity contribution in [2.45, 2.75) is 11.3 Å². The molecule has 0 saturated carbocycles. The van der Waals surface area contributed by atoms with Crippen LogP contribution in [0.1, 0.15) is 22.3 Å². The van der Waals surface area contributed by atoms with Crippen LogP contribution in [0.4, 0.5) is 5.69 Å². The fourth-order valence-electron chi connectivity index (χ4n) is 2.53. The zero-order chi connectivity index (χ0) is 18.2. The van der Waals surface area contributed by atoms with E-state index in [0.29, 0.717) is 29.0 Å². The topological polar surface area (TPSA) is 46.2 Å². The molecule has 0 aliphatic heterocycles. The molecule has 1 amide bonds. The van der Waals surface area contributed by atoms with Crippen LogP contribution in [0.5, 0.6) is 0 Å². The zero-order valence-corrected chi connectivity index (χ0v) is 15.0. The molecule has 0 unspecified atom stereocenters. The minimum atomic E-state index is -0.0971. The second kappa shape index (κ2) is 9.02. The van der Waals surface area contributed by atoms with Crippen LogP contribution >= 0.6 is 11.8 Å². The second-order valence-electron chi connectivity index (χ2n) is 5.70. The van der Waals surface area contributed by atoms with Crippen LogP contribution in [-0.4, -0.2) is 17.4 Å². The number of carbonyl (C=O) groups is 2. The first-order valence-electron chi connectivity index (χ1n) is 8.40. The molecule has 3 rings (SSSR count). The van der Waals surface area contributed by atoms with Gasteiger partial charge in [0, 0.05) is 28.2 Å². The van der Waals surface area contributed by atoms with Gasteiger partial charge in [0.05, 0.1) is 5.69 Å². The fourth-order valence-corrected chi connectivity index (χ4v) is 3.40. The molecule has 3 aromatic carbocycles. The predicted octanol–water partition coefficient (Wildman–Crippen LogP) is 5.04. The van der Waals surface area contributed by atoms with Gasteiger partial charge < -0.3 is 5.32 Å². The third-order valence-electron chi connectivity index (χ3n) is 3.82. The van der Waals surface area contributed by atoms with Gasteiger partial charge in [-0.25, -0.2) is 0 Å². The third kappa shape index (κ3) is 4.83. The quantitative estimate of drug-likeness (QED) is 0.474. The van der Waals surface area contributed by atoms with Crippen LogP contribution < -0.4 is 5.32 Å². The van der Waals surface area contributed by atoms with Gasteiger partial charge in [0.1, 0.15) is 0 Å². The molecule has 0 aromatic heterocycles. The number of benzene rings is 3. The summed E-state index contributed by atoms with van der Waals surface area (Å²) in [7, 11) is 0. The van der Waals surface area contributed by atoms with Crippen molar-refractivity contribution in [3.05, 3.63) is 96.1 Å². The summed E-state index contributed by atoms with van der Waals surface area (Å²) in [5, 5.41) is 2.87. The second-order valence-corrected chi connectivity index (χ2v) is 6.87. The number of ketones is 1. The van der Waals surface area contributed by atoms with Crippen LogP contribution in [0.25, 0.3) is 0 Å². The minimum Gasteiger partial charge on any atom is -0.325 e. The molecule has 26 heavy (non-hydrogen) atoms. The summed E-state index contributed by atoms with van der Waals surface area (Å²) in [6.07, 6.45) is 0.382. The number of nitrogens with one attached hydrogen (secondary N) is 1. The van der Waals surface area contributed by atoms with Gasteiger partial charge in [-0.2, -0.15) is 0 Å². The molecular formula is C22H19NO2S. The number of thioether (sulfide) groups is 1. The standard InChI is InChI=1S/C22H19NO2S/c24-21(15-16-26-18-11-5-2-6-12-18)23-20-14-8-7-13-19(20)22(25)17-9-3-1-4-10-17/h1-14H,15-16H2,(H,23,24). The normalized spacial score (nSPS) is 10.3. The highest BCUT2D eigenvalue weighted by molar-refractivity contribution is 7.99. The van der Waals surface area contributed by atoms with E-state index < -0.39 is 0 Å². The van der Waals surface area contributed by atoms with Crippen molar-refractivity contribution in [1.29, 1.82) is 0 Å². The molecule has 0 aliphatic rings. The lowest BCUT2D eigenvalue weighted by molar-refractivity contribution is -0.115. The number of para-hydroxylation sites is 1. The maximum absolute atomic E-state index is 12.7. The minimum absolute atomic E-state index is 0.0956. The lowest BCUT2D eigenvalue weighted by Crippen LogP contribution is -2.15. The molecule has 0 bridgehead atoms. The van der Waals surface area contributed by atoms with E-state index in [9.17, 15) is 9.59 Å². The number of carbonyl (C=O) groups excluding carboxylic acids is 2. The van der Waals surface area contributed by atoms with Crippen molar-refractivity contribution < 1.29 is 9.59 Å². The van der Waals surface area contributed by atoms with Gasteiger partial charge in [-0.3, -0.25) is 9.59 Å². The maximum Gasteiger partial charge on any atom is 0.225 e. The monoisotopic (exact) mass is 361 g/mol.